The molecule has 0 aliphatic heterocycles. The molecule has 0 amide bonds. The molecule has 0 fully saturated rings. The van der Waals surface area contributed by atoms with Gasteiger partial charge < -0.3 is 14.8 Å². The van der Waals surface area contributed by atoms with Crippen molar-refractivity contribution in [2.75, 3.05) is 20.3 Å². The third-order valence-corrected chi connectivity index (χ3v) is 2.32. The molecule has 0 aromatic heterocycles. The fourth-order valence-electron chi connectivity index (χ4n) is 1.40. The summed E-state index contributed by atoms with van der Waals surface area (Å²) in [6.07, 6.45) is 1.50. The Labute approximate surface area is 112 Å². The molecule has 0 heterocycles. The number of benzene rings is 1. The molecule has 0 spiro atoms. The minimum atomic E-state index is -0.356. The van der Waals surface area contributed by atoms with Crippen LogP contribution >= 0.6 is 0 Å². The highest BCUT2D eigenvalue weighted by molar-refractivity contribution is 5.77. The highest BCUT2D eigenvalue weighted by Crippen LogP contribution is 2.17. The van der Waals surface area contributed by atoms with Crippen LogP contribution in [0, 0.1) is 11.3 Å². The lowest BCUT2D eigenvalue weighted by molar-refractivity contribution is -0.141. The first kappa shape index (κ1) is 14.6. The van der Waals surface area contributed by atoms with Crippen LogP contribution in [0.4, 0.5) is 0 Å². The van der Waals surface area contributed by atoms with Crippen LogP contribution in [0.15, 0.2) is 30.5 Å². The van der Waals surface area contributed by atoms with Crippen molar-refractivity contribution in [3.05, 3.63) is 36.0 Å². The normalized spacial score (nSPS) is 10.5. The summed E-state index contributed by atoms with van der Waals surface area (Å²) >= 11 is 0. The van der Waals surface area contributed by atoms with Gasteiger partial charge in [0, 0.05) is 6.20 Å². The van der Waals surface area contributed by atoms with E-state index in [-0.39, 0.29) is 12.5 Å². The Bertz CT molecular complexity index is 486. The highest BCUT2D eigenvalue weighted by atomic mass is 16.5. The third-order valence-electron chi connectivity index (χ3n) is 2.32. The van der Waals surface area contributed by atoms with Crippen molar-refractivity contribution in [1.29, 1.82) is 5.26 Å². The maximum Gasteiger partial charge on any atom is 0.325 e. The highest BCUT2D eigenvalue weighted by Gasteiger charge is 2.02. The number of rotatable bonds is 6. The number of nitrogens with zero attached hydrogens (tertiary/aromatic N) is 1. The molecular weight excluding hydrogens is 244 g/mol. The second-order valence-corrected chi connectivity index (χ2v) is 3.58. The van der Waals surface area contributed by atoms with Crippen LogP contribution in [0.25, 0.3) is 5.57 Å². The van der Waals surface area contributed by atoms with Gasteiger partial charge in [-0.2, -0.15) is 5.26 Å². The molecule has 5 nitrogen and oxygen atoms in total. The van der Waals surface area contributed by atoms with E-state index < -0.39 is 0 Å². The first-order chi connectivity index (χ1) is 9.21. The molecule has 0 unspecified atom stereocenters. The molecule has 19 heavy (non-hydrogen) atoms. The number of hydrogen-bond donors (Lipinski definition) is 1. The van der Waals surface area contributed by atoms with Crippen molar-refractivity contribution in [2.45, 2.75) is 6.92 Å². The fraction of sp³-hybridized carbons (Fsp3) is 0.286. The number of hydrogen-bond acceptors (Lipinski definition) is 5. The molecule has 1 aromatic carbocycles. The number of carbonyl (C=O) groups is 1. The largest absolute Gasteiger partial charge is 0.497 e. The molecule has 0 saturated heterocycles. The van der Waals surface area contributed by atoms with Gasteiger partial charge in [-0.25, -0.2) is 0 Å². The minimum absolute atomic E-state index is 0.0369. The van der Waals surface area contributed by atoms with Crippen LogP contribution in [0.1, 0.15) is 12.5 Å². The van der Waals surface area contributed by atoms with Crippen molar-refractivity contribution < 1.29 is 14.3 Å². The molecule has 1 N–H and O–H groups in total. The molecule has 0 aliphatic rings. The molecule has 0 saturated carbocycles. The lowest BCUT2D eigenvalue weighted by Gasteiger charge is -2.04. The molecule has 0 bridgehead atoms. The summed E-state index contributed by atoms with van der Waals surface area (Å²) < 4.78 is 9.81. The number of nitrogens with one attached hydrogen (secondary N) is 1. The van der Waals surface area contributed by atoms with Crippen molar-refractivity contribution in [2.24, 2.45) is 0 Å². The number of carbonyl (C=O) groups excluding carboxylic acids is 1. The summed E-state index contributed by atoms with van der Waals surface area (Å²) in [5.41, 5.74) is 1.19. The van der Waals surface area contributed by atoms with Crippen molar-refractivity contribution in [3.63, 3.8) is 0 Å². The zero-order valence-electron chi connectivity index (χ0n) is 11.0. The Balaban J connectivity index is 2.66. The maximum atomic E-state index is 11.1. The summed E-state index contributed by atoms with van der Waals surface area (Å²) in [7, 11) is 1.58. The second-order valence-electron chi connectivity index (χ2n) is 3.58. The van der Waals surface area contributed by atoms with Gasteiger partial charge in [-0.1, -0.05) is 0 Å². The molecule has 5 heteroatoms. The van der Waals surface area contributed by atoms with Crippen LogP contribution in [-0.4, -0.2) is 26.2 Å². The van der Waals surface area contributed by atoms with Crippen LogP contribution < -0.4 is 10.1 Å². The van der Waals surface area contributed by atoms with E-state index in [0.717, 1.165) is 11.3 Å². The molecule has 0 atom stereocenters. The van der Waals surface area contributed by atoms with Gasteiger partial charge in [-0.3, -0.25) is 4.79 Å². The van der Waals surface area contributed by atoms with Gasteiger partial charge >= 0.3 is 5.97 Å². The number of allylic oxidation sites excluding steroid dienone is 1. The third kappa shape index (κ3) is 4.72. The number of methoxy groups -OCH3 is 1. The molecule has 1 aromatic rings. The van der Waals surface area contributed by atoms with Gasteiger partial charge in [0.15, 0.2) is 0 Å². The smallest absolute Gasteiger partial charge is 0.325 e. The van der Waals surface area contributed by atoms with Gasteiger partial charge in [0.05, 0.1) is 19.3 Å². The zero-order chi connectivity index (χ0) is 14.1. The van der Waals surface area contributed by atoms with Gasteiger partial charge in [0.25, 0.3) is 0 Å². The summed E-state index contributed by atoms with van der Waals surface area (Å²) in [5, 5.41) is 11.8. The van der Waals surface area contributed by atoms with E-state index in [0.29, 0.717) is 12.2 Å². The van der Waals surface area contributed by atoms with E-state index >= 15 is 0 Å². The van der Waals surface area contributed by atoms with Gasteiger partial charge in [0.2, 0.25) is 0 Å². The lowest BCUT2D eigenvalue weighted by Crippen LogP contribution is -2.20. The Morgan fingerprint density at radius 1 is 1.42 bits per heavy atom. The monoisotopic (exact) mass is 260 g/mol. The van der Waals surface area contributed by atoms with E-state index in [9.17, 15) is 4.79 Å². The van der Waals surface area contributed by atoms with Gasteiger partial charge in [0.1, 0.15) is 18.4 Å². The van der Waals surface area contributed by atoms with Crippen molar-refractivity contribution in [3.8, 4) is 11.8 Å². The van der Waals surface area contributed by atoms with Crippen LogP contribution in [0.2, 0.25) is 0 Å². The van der Waals surface area contributed by atoms with Gasteiger partial charge in [-0.15, -0.1) is 0 Å². The van der Waals surface area contributed by atoms with Crippen molar-refractivity contribution in [1.82, 2.24) is 5.32 Å². The van der Waals surface area contributed by atoms with Crippen molar-refractivity contribution >= 4 is 11.5 Å². The minimum Gasteiger partial charge on any atom is -0.497 e. The van der Waals surface area contributed by atoms with E-state index in [1.54, 1.807) is 38.3 Å². The molecule has 0 aliphatic carbocycles. The Kier molecular flexibility index (Phi) is 5.96. The maximum absolute atomic E-state index is 11.1. The first-order valence-electron chi connectivity index (χ1n) is 5.85. The molecule has 1 rings (SSSR count). The summed E-state index contributed by atoms with van der Waals surface area (Å²) in [5.74, 6) is 0.367. The Hall–Kier alpha value is -2.48. The van der Waals surface area contributed by atoms with E-state index in [1.165, 1.54) is 6.20 Å². The molecular formula is C14H16N2O3. The van der Waals surface area contributed by atoms with Crippen LogP contribution in [0.3, 0.4) is 0 Å². The predicted molar refractivity (Wildman–Crippen MR) is 71.2 cm³/mol. The second kappa shape index (κ2) is 7.77. The SMILES string of the molecule is CCOC(=O)CN/C=C(\C#N)c1ccc(OC)cc1. The lowest BCUT2D eigenvalue weighted by atomic mass is 10.1. The molecule has 100 valence electrons. The first-order valence-corrected chi connectivity index (χ1v) is 5.85. The molecule has 0 radical (unpaired) electrons. The zero-order valence-corrected chi connectivity index (χ0v) is 11.0. The van der Waals surface area contributed by atoms with E-state index in [1.807, 2.05) is 0 Å². The average molecular weight is 260 g/mol. The number of esters is 1. The standard InChI is InChI=1S/C14H16N2O3/c1-3-19-14(17)10-16-9-12(8-15)11-4-6-13(18-2)7-5-11/h4-7,9,16H,3,10H2,1-2H3/b12-9+. The summed E-state index contributed by atoms with van der Waals surface area (Å²) in [6, 6.07) is 9.16. The van der Waals surface area contributed by atoms with Crippen LogP contribution in [0.5, 0.6) is 5.75 Å². The predicted octanol–water partition coefficient (Wildman–Crippen LogP) is 1.71. The Morgan fingerprint density at radius 2 is 2.11 bits per heavy atom. The van der Waals surface area contributed by atoms with E-state index in [2.05, 4.69) is 11.4 Å². The Morgan fingerprint density at radius 3 is 2.63 bits per heavy atom. The number of nitriles is 1. The summed E-state index contributed by atoms with van der Waals surface area (Å²) in [4.78, 5) is 11.1. The fourth-order valence-corrected chi connectivity index (χ4v) is 1.40. The van der Waals surface area contributed by atoms with Crippen LogP contribution in [-0.2, 0) is 9.53 Å². The topological polar surface area (TPSA) is 71.3 Å². The van der Waals surface area contributed by atoms with Gasteiger partial charge in [-0.05, 0) is 36.8 Å². The van der Waals surface area contributed by atoms with E-state index in [4.69, 9.17) is 14.7 Å². The average Bonchev–Trinajstić information content (AvgIpc) is 2.44. The number of ether oxygens (including phenoxy) is 2. The quantitative estimate of drug-likeness (QED) is 0.622. The summed E-state index contributed by atoms with van der Waals surface area (Å²) in [6.45, 7) is 2.12.